The van der Waals surface area contributed by atoms with Crippen molar-refractivity contribution in [3.8, 4) is 0 Å². The van der Waals surface area contributed by atoms with Crippen molar-refractivity contribution in [2.45, 2.75) is 52.4 Å². The van der Waals surface area contributed by atoms with E-state index in [1.807, 2.05) is 0 Å². The number of fused-ring (bicyclic) bond motifs is 1. The average molecular weight is 296 g/mol. The summed E-state index contributed by atoms with van der Waals surface area (Å²) in [5, 5.41) is 0. The molecule has 0 aromatic rings. The minimum atomic E-state index is 0.501. The van der Waals surface area contributed by atoms with Crippen LogP contribution in [0, 0.1) is 35.0 Å². The maximum Gasteiger partial charge on any atom is -0.0131 e. The zero-order valence-electron chi connectivity index (χ0n) is 14.4. The van der Waals surface area contributed by atoms with Gasteiger partial charge in [0.15, 0.2) is 0 Å². The Hall–Kier alpha value is -1.04. The molecule has 3 aliphatic rings. The van der Waals surface area contributed by atoms with Crippen LogP contribution in [0.4, 0.5) is 0 Å². The normalized spacial score (nSPS) is 36.7. The first-order chi connectivity index (χ1) is 10.8. The van der Waals surface area contributed by atoms with Crippen molar-refractivity contribution < 1.29 is 0 Å². The lowest BCUT2D eigenvalue weighted by Gasteiger charge is -2.45. The fourth-order valence-corrected chi connectivity index (χ4v) is 5.93. The summed E-state index contributed by atoms with van der Waals surface area (Å²) in [6.07, 6.45) is 24.6. The van der Waals surface area contributed by atoms with Crippen LogP contribution in [0.25, 0.3) is 0 Å². The van der Waals surface area contributed by atoms with Crippen LogP contribution in [0.5, 0.6) is 0 Å². The predicted octanol–water partition coefficient (Wildman–Crippen LogP) is 6.33. The Morgan fingerprint density at radius 2 is 1.82 bits per heavy atom. The molecule has 0 spiro atoms. The number of hydrogen-bond donors (Lipinski definition) is 0. The predicted molar refractivity (Wildman–Crippen MR) is 96.6 cm³/mol. The maximum absolute atomic E-state index is 4.01. The average Bonchev–Trinajstić information content (AvgIpc) is 3.20. The molecule has 0 radical (unpaired) electrons. The molecule has 0 saturated heterocycles. The van der Waals surface area contributed by atoms with Crippen molar-refractivity contribution in [3.63, 3.8) is 0 Å². The van der Waals surface area contributed by atoms with Gasteiger partial charge >= 0.3 is 0 Å². The Morgan fingerprint density at radius 3 is 2.41 bits per heavy atom. The summed E-state index contributed by atoms with van der Waals surface area (Å²) in [6, 6.07) is 0. The minimum absolute atomic E-state index is 0.501. The monoisotopic (exact) mass is 296 g/mol. The third-order valence-corrected chi connectivity index (χ3v) is 7.06. The SMILES string of the molecule is C=CCC1CC(C(CC)(CC)C2C=CCC2)C2C=CC=CC12. The lowest BCUT2D eigenvalue weighted by molar-refractivity contribution is 0.0625. The molecule has 0 bridgehead atoms. The minimum Gasteiger partial charge on any atom is -0.103 e. The molecule has 120 valence electrons. The first-order valence-electron chi connectivity index (χ1n) is 9.39. The van der Waals surface area contributed by atoms with Gasteiger partial charge in [-0.05, 0) is 73.5 Å². The van der Waals surface area contributed by atoms with E-state index in [0.29, 0.717) is 5.41 Å². The van der Waals surface area contributed by atoms with Gasteiger partial charge in [0, 0.05) is 0 Å². The van der Waals surface area contributed by atoms with E-state index in [1.54, 1.807) is 0 Å². The largest absolute Gasteiger partial charge is 0.103 e. The van der Waals surface area contributed by atoms with Crippen LogP contribution in [0.15, 0.2) is 49.1 Å². The van der Waals surface area contributed by atoms with Crippen LogP contribution in [-0.2, 0) is 0 Å². The lowest BCUT2D eigenvalue weighted by Crippen LogP contribution is -2.38. The molecule has 5 atom stereocenters. The van der Waals surface area contributed by atoms with Crippen LogP contribution in [0.2, 0.25) is 0 Å². The molecule has 3 rings (SSSR count). The highest BCUT2D eigenvalue weighted by atomic mass is 14.6. The zero-order chi connectivity index (χ0) is 15.6. The summed E-state index contributed by atoms with van der Waals surface area (Å²) < 4.78 is 0. The van der Waals surface area contributed by atoms with Gasteiger partial charge in [-0.15, -0.1) is 6.58 Å². The van der Waals surface area contributed by atoms with E-state index in [1.165, 1.54) is 38.5 Å². The Bertz CT molecular complexity index is 474. The fraction of sp³-hybridized carbons (Fsp3) is 0.636. The molecule has 0 N–H and O–H groups in total. The molecule has 0 aliphatic heterocycles. The van der Waals surface area contributed by atoms with Crippen molar-refractivity contribution >= 4 is 0 Å². The smallest absolute Gasteiger partial charge is 0.0131 e. The van der Waals surface area contributed by atoms with Gasteiger partial charge in [-0.2, -0.15) is 0 Å². The molecule has 0 heteroatoms. The van der Waals surface area contributed by atoms with Gasteiger partial charge in [-0.25, -0.2) is 0 Å². The zero-order valence-corrected chi connectivity index (χ0v) is 14.4. The Balaban J connectivity index is 1.93. The van der Waals surface area contributed by atoms with E-state index in [9.17, 15) is 0 Å². The van der Waals surface area contributed by atoms with Crippen LogP contribution < -0.4 is 0 Å². The number of hydrogen-bond acceptors (Lipinski definition) is 0. The summed E-state index contributed by atoms with van der Waals surface area (Å²) in [6.45, 7) is 8.89. The molecule has 0 aromatic heterocycles. The van der Waals surface area contributed by atoms with E-state index in [2.05, 4.69) is 63.0 Å². The van der Waals surface area contributed by atoms with Crippen molar-refractivity contribution in [2.24, 2.45) is 35.0 Å². The molecule has 0 nitrogen and oxygen atoms in total. The molecule has 1 fully saturated rings. The quantitative estimate of drug-likeness (QED) is 0.502. The van der Waals surface area contributed by atoms with Crippen molar-refractivity contribution in [2.75, 3.05) is 0 Å². The molecule has 0 amide bonds. The molecular formula is C22H32. The second-order valence-corrected chi connectivity index (χ2v) is 7.60. The molecule has 5 unspecified atom stereocenters. The van der Waals surface area contributed by atoms with E-state index in [0.717, 1.165) is 29.6 Å². The Morgan fingerprint density at radius 1 is 1.09 bits per heavy atom. The standard InChI is InChI=1S/C22H32/c1-4-11-17-16-21(20-15-10-9-14-19(17)20)22(5-2,6-3)18-12-7-8-13-18/h4,7,9-10,12,14-15,17-21H,1,5-6,8,11,13,16H2,2-3H3. The highest BCUT2D eigenvalue weighted by Crippen LogP contribution is 2.59. The van der Waals surface area contributed by atoms with Crippen LogP contribution in [-0.4, -0.2) is 0 Å². The highest BCUT2D eigenvalue weighted by molar-refractivity contribution is 5.22. The van der Waals surface area contributed by atoms with Crippen LogP contribution >= 0.6 is 0 Å². The van der Waals surface area contributed by atoms with Gasteiger partial charge < -0.3 is 0 Å². The summed E-state index contributed by atoms with van der Waals surface area (Å²) >= 11 is 0. The first kappa shape index (κ1) is 15.8. The summed E-state index contributed by atoms with van der Waals surface area (Å²) in [4.78, 5) is 0. The Labute approximate surface area is 137 Å². The van der Waals surface area contributed by atoms with E-state index < -0.39 is 0 Å². The molecule has 0 aromatic carbocycles. The fourth-order valence-electron chi connectivity index (χ4n) is 5.93. The van der Waals surface area contributed by atoms with E-state index in [4.69, 9.17) is 0 Å². The molecular weight excluding hydrogens is 264 g/mol. The van der Waals surface area contributed by atoms with Crippen molar-refractivity contribution in [3.05, 3.63) is 49.1 Å². The van der Waals surface area contributed by atoms with Gasteiger partial charge in [0.25, 0.3) is 0 Å². The topological polar surface area (TPSA) is 0 Å². The van der Waals surface area contributed by atoms with Crippen molar-refractivity contribution in [1.29, 1.82) is 0 Å². The molecule has 3 aliphatic carbocycles. The van der Waals surface area contributed by atoms with Gasteiger partial charge in [-0.1, -0.05) is 56.4 Å². The van der Waals surface area contributed by atoms with E-state index in [-0.39, 0.29) is 0 Å². The van der Waals surface area contributed by atoms with Gasteiger partial charge in [0.05, 0.1) is 0 Å². The first-order valence-corrected chi connectivity index (χ1v) is 9.39. The second kappa shape index (κ2) is 6.60. The third-order valence-electron chi connectivity index (χ3n) is 7.06. The number of rotatable bonds is 6. The number of allylic oxidation sites excluding steroid dienone is 7. The summed E-state index contributed by atoms with van der Waals surface area (Å²) in [5.41, 5.74) is 0.501. The third kappa shape index (κ3) is 2.45. The van der Waals surface area contributed by atoms with E-state index >= 15 is 0 Å². The van der Waals surface area contributed by atoms with Gasteiger partial charge in [-0.3, -0.25) is 0 Å². The lowest BCUT2D eigenvalue weighted by atomic mass is 9.59. The summed E-state index contributed by atoms with van der Waals surface area (Å²) in [5.74, 6) is 3.94. The maximum atomic E-state index is 4.01. The molecule has 0 heterocycles. The van der Waals surface area contributed by atoms with Crippen LogP contribution in [0.1, 0.15) is 52.4 Å². The molecule has 1 saturated carbocycles. The Kier molecular flexibility index (Phi) is 4.76. The second-order valence-electron chi connectivity index (χ2n) is 7.60. The summed E-state index contributed by atoms with van der Waals surface area (Å²) in [7, 11) is 0. The highest BCUT2D eigenvalue weighted by Gasteiger charge is 2.51. The van der Waals surface area contributed by atoms with Gasteiger partial charge in [0.1, 0.15) is 0 Å². The van der Waals surface area contributed by atoms with Gasteiger partial charge in [0.2, 0.25) is 0 Å². The van der Waals surface area contributed by atoms with Crippen LogP contribution in [0.3, 0.4) is 0 Å². The molecule has 22 heavy (non-hydrogen) atoms. The van der Waals surface area contributed by atoms with Crippen molar-refractivity contribution in [1.82, 2.24) is 0 Å².